The van der Waals surface area contributed by atoms with Crippen LogP contribution in [0.4, 0.5) is 17.2 Å². The molecule has 33 heavy (non-hydrogen) atoms. The Morgan fingerprint density at radius 2 is 1.88 bits per heavy atom. The zero-order chi connectivity index (χ0) is 23.7. The average molecular weight is 443 g/mol. The van der Waals surface area contributed by atoms with Crippen LogP contribution in [0.2, 0.25) is 0 Å². The van der Waals surface area contributed by atoms with Crippen molar-refractivity contribution >= 4 is 34.0 Å². The molecule has 0 spiro atoms. The van der Waals surface area contributed by atoms with Crippen molar-refractivity contribution in [2.24, 2.45) is 0 Å². The molecule has 2 aromatic carbocycles. The Kier molecular flexibility index (Phi) is 5.21. The van der Waals surface area contributed by atoms with Gasteiger partial charge in [0.25, 0.3) is 17.3 Å². The number of nitro groups is 2. The largest absolute Gasteiger partial charge is 0.305 e. The zero-order valence-corrected chi connectivity index (χ0v) is 16.9. The van der Waals surface area contributed by atoms with Crippen LogP contribution in [0.25, 0.3) is 16.7 Å². The van der Waals surface area contributed by atoms with Crippen LogP contribution in [0.5, 0.6) is 0 Å². The van der Waals surface area contributed by atoms with E-state index in [1.807, 2.05) is 24.3 Å². The van der Waals surface area contributed by atoms with Gasteiger partial charge in [0.15, 0.2) is 11.6 Å². The summed E-state index contributed by atoms with van der Waals surface area (Å²) in [4.78, 5) is 38.4. The first-order valence-electron chi connectivity index (χ1n) is 9.39. The molecule has 0 saturated heterocycles. The first-order valence-corrected chi connectivity index (χ1v) is 9.39. The van der Waals surface area contributed by atoms with Crippen molar-refractivity contribution in [3.8, 4) is 11.9 Å². The lowest BCUT2D eigenvalue weighted by Gasteiger charge is -2.11. The highest BCUT2D eigenvalue weighted by Gasteiger charge is 2.26. The van der Waals surface area contributed by atoms with E-state index < -0.39 is 27.1 Å². The van der Waals surface area contributed by atoms with Gasteiger partial charge in [0.1, 0.15) is 11.6 Å². The summed E-state index contributed by atoms with van der Waals surface area (Å²) in [5.41, 5.74) is -0.847. The van der Waals surface area contributed by atoms with E-state index in [-0.39, 0.29) is 22.5 Å². The quantitative estimate of drug-likeness (QED) is 0.359. The lowest BCUT2D eigenvalue weighted by atomic mass is 10.0. The van der Waals surface area contributed by atoms with E-state index >= 15 is 0 Å². The lowest BCUT2D eigenvalue weighted by Crippen LogP contribution is -2.18. The molecule has 0 aliphatic rings. The topological polar surface area (TPSA) is 170 Å². The summed E-state index contributed by atoms with van der Waals surface area (Å²) in [5.74, 6) is -0.593. The summed E-state index contributed by atoms with van der Waals surface area (Å²) in [6.07, 6.45) is 1.23. The highest BCUT2D eigenvalue weighted by molar-refractivity contribution is 6.06. The standard InChI is InChI=1S/C21H13N7O5/c1-12-16(8-15(27(30)31)9-18(12)28(32)33)21(29)25-20-14(10-22)11-23-26(20)19-7-6-13-4-2-3-5-17(13)24-19/h2-9,11H,1H3,(H,25,29). The zero-order valence-electron chi connectivity index (χ0n) is 16.9. The van der Waals surface area contributed by atoms with Gasteiger partial charge in [-0.2, -0.15) is 15.0 Å². The second-order valence-corrected chi connectivity index (χ2v) is 6.90. The second-order valence-electron chi connectivity index (χ2n) is 6.90. The summed E-state index contributed by atoms with van der Waals surface area (Å²) in [6.45, 7) is 1.31. The number of hydrogen-bond acceptors (Lipinski definition) is 8. The van der Waals surface area contributed by atoms with Crippen LogP contribution in [0.1, 0.15) is 21.5 Å². The molecule has 1 N–H and O–H groups in total. The maximum Gasteiger partial charge on any atom is 0.279 e. The Bertz CT molecular complexity index is 1500. The minimum absolute atomic E-state index is 0.0101. The predicted octanol–water partition coefficient (Wildman–Crippen LogP) is 3.67. The molecular weight excluding hydrogens is 430 g/mol. The highest BCUT2D eigenvalue weighted by Crippen LogP contribution is 2.29. The van der Waals surface area contributed by atoms with Crippen molar-refractivity contribution in [3.05, 3.63) is 91.6 Å². The molecule has 2 aromatic heterocycles. The first-order chi connectivity index (χ1) is 15.8. The fourth-order valence-electron chi connectivity index (χ4n) is 3.29. The second kappa shape index (κ2) is 8.16. The van der Waals surface area contributed by atoms with E-state index in [1.54, 1.807) is 18.2 Å². The predicted molar refractivity (Wildman–Crippen MR) is 116 cm³/mol. The molecule has 0 radical (unpaired) electrons. The van der Waals surface area contributed by atoms with Gasteiger partial charge in [-0.3, -0.25) is 25.0 Å². The molecule has 0 bridgehead atoms. The number of anilines is 1. The number of nitriles is 1. The number of pyridine rings is 1. The molecular formula is C21H13N7O5. The van der Waals surface area contributed by atoms with Crippen molar-refractivity contribution in [2.75, 3.05) is 5.32 Å². The number of para-hydroxylation sites is 1. The lowest BCUT2D eigenvalue weighted by molar-refractivity contribution is -0.394. The number of aromatic nitrogens is 3. The van der Waals surface area contributed by atoms with Gasteiger partial charge in [-0.25, -0.2) is 4.98 Å². The third kappa shape index (κ3) is 3.81. The Morgan fingerprint density at radius 3 is 2.58 bits per heavy atom. The van der Waals surface area contributed by atoms with Crippen LogP contribution in [0.15, 0.2) is 54.7 Å². The molecule has 1 amide bonds. The van der Waals surface area contributed by atoms with E-state index in [1.165, 1.54) is 17.8 Å². The van der Waals surface area contributed by atoms with Crippen LogP contribution >= 0.6 is 0 Å². The maximum atomic E-state index is 13.0. The van der Waals surface area contributed by atoms with Gasteiger partial charge >= 0.3 is 0 Å². The van der Waals surface area contributed by atoms with Gasteiger partial charge in [0, 0.05) is 17.0 Å². The van der Waals surface area contributed by atoms with E-state index in [0.29, 0.717) is 11.3 Å². The van der Waals surface area contributed by atoms with E-state index in [4.69, 9.17) is 0 Å². The molecule has 0 saturated carbocycles. The molecule has 0 aliphatic carbocycles. The average Bonchev–Trinajstić information content (AvgIpc) is 3.20. The summed E-state index contributed by atoms with van der Waals surface area (Å²) < 4.78 is 1.24. The van der Waals surface area contributed by atoms with E-state index in [2.05, 4.69) is 15.4 Å². The van der Waals surface area contributed by atoms with Crippen molar-refractivity contribution in [2.45, 2.75) is 6.92 Å². The first kappa shape index (κ1) is 21.1. The summed E-state index contributed by atoms with van der Waals surface area (Å²) in [6, 6.07) is 14.4. The van der Waals surface area contributed by atoms with Gasteiger partial charge in [0.2, 0.25) is 0 Å². The van der Waals surface area contributed by atoms with E-state index in [9.17, 15) is 30.3 Å². The fraction of sp³-hybridized carbons (Fsp3) is 0.0476. The Labute approximate surface area is 185 Å². The number of hydrogen-bond donors (Lipinski definition) is 1. The van der Waals surface area contributed by atoms with Gasteiger partial charge in [-0.15, -0.1) is 0 Å². The molecule has 4 rings (SSSR count). The van der Waals surface area contributed by atoms with Gasteiger partial charge in [-0.05, 0) is 25.1 Å². The Hall–Kier alpha value is -5.18. The third-order valence-electron chi connectivity index (χ3n) is 4.94. The van der Waals surface area contributed by atoms with Crippen molar-refractivity contribution in [3.63, 3.8) is 0 Å². The minimum Gasteiger partial charge on any atom is -0.305 e. The summed E-state index contributed by atoms with van der Waals surface area (Å²) in [5, 5.41) is 39.5. The number of rotatable bonds is 5. The number of nitrogens with one attached hydrogen (secondary N) is 1. The number of non-ortho nitro benzene ring substituents is 1. The number of fused-ring (bicyclic) bond motifs is 1. The van der Waals surface area contributed by atoms with Crippen LogP contribution in [-0.2, 0) is 0 Å². The van der Waals surface area contributed by atoms with Crippen LogP contribution in [0.3, 0.4) is 0 Å². The maximum absolute atomic E-state index is 13.0. The van der Waals surface area contributed by atoms with E-state index in [0.717, 1.165) is 17.5 Å². The monoisotopic (exact) mass is 443 g/mol. The Balaban J connectivity index is 1.79. The smallest absolute Gasteiger partial charge is 0.279 e. The van der Waals surface area contributed by atoms with Crippen LogP contribution < -0.4 is 5.32 Å². The van der Waals surface area contributed by atoms with Gasteiger partial charge < -0.3 is 5.32 Å². The molecule has 162 valence electrons. The molecule has 12 heteroatoms. The Morgan fingerprint density at radius 1 is 1.12 bits per heavy atom. The van der Waals surface area contributed by atoms with Gasteiger partial charge in [0.05, 0.1) is 33.2 Å². The molecule has 0 unspecified atom stereocenters. The number of nitrogens with zero attached hydrogens (tertiary/aromatic N) is 6. The molecule has 12 nitrogen and oxygen atoms in total. The number of benzene rings is 2. The number of carbonyl (C=O) groups excluding carboxylic acids is 1. The number of carbonyl (C=O) groups is 1. The van der Waals surface area contributed by atoms with Crippen molar-refractivity contribution < 1.29 is 14.6 Å². The van der Waals surface area contributed by atoms with Gasteiger partial charge in [-0.1, -0.05) is 18.2 Å². The normalized spacial score (nSPS) is 10.5. The number of amides is 1. The van der Waals surface area contributed by atoms with Crippen LogP contribution in [-0.4, -0.2) is 30.5 Å². The molecule has 0 atom stereocenters. The third-order valence-corrected chi connectivity index (χ3v) is 4.94. The van der Waals surface area contributed by atoms with Crippen molar-refractivity contribution in [1.82, 2.24) is 14.8 Å². The highest BCUT2D eigenvalue weighted by atomic mass is 16.6. The fourth-order valence-corrected chi connectivity index (χ4v) is 3.29. The molecule has 0 fully saturated rings. The summed E-state index contributed by atoms with van der Waals surface area (Å²) in [7, 11) is 0. The summed E-state index contributed by atoms with van der Waals surface area (Å²) >= 11 is 0. The number of nitro benzene ring substituents is 2. The molecule has 2 heterocycles. The minimum atomic E-state index is -0.877. The SMILES string of the molecule is Cc1c(C(=O)Nc2c(C#N)cnn2-c2ccc3ccccc3n2)cc([N+](=O)[O-])cc1[N+](=O)[O-]. The van der Waals surface area contributed by atoms with Crippen LogP contribution in [0, 0.1) is 38.5 Å². The molecule has 4 aromatic rings. The van der Waals surface area contributed by atoms with Crippen molar-refractivity contribution in [1.29, 1.82) is 5.26 Å². The molecule has 0 aliphatic heterocycles.